The van der Waals surface area contributed by atoms with E-state index in [1.54, 1.807) is 10.7 Å². The van der Waals surface area contributed by atoms with Gasteiger partial charge in [-0.3, -0.25) is 9.90 Å². The molecule has 1 aliphatic heterocycles. The number of nitrogens with one attached hydrogen (secondary N) is 1. The third-order valence-electron chi connectivity index (χ3n) is 6.64. The molecule has 11 heteroatoms. The van der Waals surface area contributed by atoms with Crippen LogP contribution < -0.4 is 11.2 Å². The fourth-order valence-corrected chi connectivity index (χ4v) is 4.63. The van der Waals surface area contributed by atoms with Crippen LogP contribution in [0.5, 0.6) is 0 Å². The SMILES string of the molecule is C=C(CN)N1N=Cc2cc(CCc3nc(-c4ccc5ncnn5c4)c(-c4cccc(C)n4)[nH]3)ccc2B1O. The lowest BCUT2D eigenvalue weighted by atomic mass is 9.69. The Morgan fingerprint density at radius 1 is 1.13 bits per heavy atom. The van der Waals surface area contributed by atoms with E-state index in [0.717, 1.165) is 62.8 Å². The molecule has 0 bridgehead atoms. The Balaban J connectivity index is 1.29. The highest BCUT2D eigenvalue weighted by atomic mass is 16.2. The summed E-state index contributed by atoms with van der Waals surface area (Å²) in [6.45, 7) is 6.07. The molecule has 0 amide bonds. The molecule has 5 heterocycles. The lowest BCUT2D eigenvalue weighted by molar-refractivity contribution is 0.444. The van der Waals surface area contributed by atoms with E-state index in [2.05, 4.69) is 32.8 Å². The molecule has 0 atom stereocenters. The summed E-state index contributed by atoms with van der Waals surface area (Å²) in [6.07, 6.45) is 6.65. The smallest absolute Gasteiger partial charge is 0.427 e. The van der Waals surface area contributed by atoms with Crippen LogP contribution in [0.2, 0.25) is 0 Å². The van der Waals surface area contributed by atoms with Crippen LogP contribution in [0, 0.1) is 6.92 Å². The maximum atomic E-state index is 10.7. The average Bonchev–Trinajstić information content (AvgIpc) is 3.58. The van der Waals surface area contributed by atoms with Gasteiger partial charge >= 0.3 is 7.05 Å². The standard InChI is InChI=1S/C27H26BN9O/c1-17-4-3-5-23(33-17)27-26(20-8-11-25-30-16-32-36(25)15-20)34-24(35-27)10-7-19-6-9-22-21(12-19)14-31-37(28(22)38)18(2)13-29/h3-6,8-9,11-12,14-16,38H,2,7,10,13,29H2,1H3,(H,34,35). The van der Waals surface area contributed by atoms with Crippen molar-refractivity contribution >= 4 is 24.4 Å². The van der Waals surface area contributed by atoms with E-state index >= 15 is 0 Å². The summed E-state index contributed by atoms with van der Waals surface area (Å²) in [5.74, 6) is 0.855. The normalized spacial score (nSPS) is 12.8. The predicted molar refractivity (Wildman–Crippen MR) is 148 cm³/mol. The Kier molecular flexibility index (Phi) is 6.06. The van der Waals surface area contributed by atoms with Crippen molar-refractivity contribution in [2.45, 2.75) is 19.8 Å². The first-order chi connectivity index (χ1) is 18.5. The largest absolute Gasteiger partial charge is 0.471 e. The minimum absolute atomic E-state index is 0.222. The zero-order valence-corrected chi connectivity index (χ0v) is 20.9. The van der Waals surface area contributed by atoms with Crippen molar-refractivity contribution in [3.05, 3.63) is 96.0 Å². The second kappa shape index (κ2) is 9.69. The molecule has 10 nitrogen and oxygen atoms in total. The minimum atomic E-state index is -0.903. The van der Waals surface area contributed by atoms with E-state index in [1.165, 1.54) is 11.2 Å². The molecular weight excluding hydrogens is 477 g/mol. The minimum Gasteiger partial charge on any atom is -0.427 e. The molecule has 0 fully saturated rings. The number of rotatable bonds is 7. The second-order valence-electron chi connectivity index (χ2n) is 9.25. The van der Waals surface area contributed by atoms with Gasteiger partial charge in [0.25, 0.3) is 0 Å². The number of aryl methyl sites for hydroxylation is 3. The third kappa shape index (κ3) is 4.38. The highest BCUT2D eigenvalue weighted by Crippen LogP contribution is 2.30. The molecule has 0 aliphatic carbocycles. The van der Waals surface area contributed by atoms with E-state index in [9.17, 15) is 5.02 Å². The van der Waals surface area contributed by atoms with Crippen LogP contribution in [-0.4, -0.2) is 59.3 Å². The van der Waals surface area contributed by atoms with Crippen molar-refractivity contribution < 1.29 is 5.02 Å². The quantitative estimate of drug-likeness (QED) is 0.290. The van der Waals surface area contributed by atoms with E-state index < -0.39 is 7.05 Å². The fraction of sp³-hybridized carbons (Fsp3) is 0.148. The molecule has 0 spiro atoms. The Hall–Kier alpha value is -4.61. The van der Waals surface area contributed by atoms with Gasteiger partial charge < -0.3 is 15.7 Å². The van der Waals surface area contributed by atoms with Crippen molar-refractivity contribution in [1.82, 2.24) is 34.5 Å². The van der Waals surface area contributed by atoms with Gasteiger partial charge in [-0.1, -0.05) is 30.8 Å². The van der Waals surface area contributed by atoms with Crippen molar-refractivity contribution in [2.75, 3.05) is 6.54 Å². The molecule has 6 rings (SSSR count). The van der Waals surface area contributed by atoms with E-state index in [0.29, 0.717) is 12.1 Å². The zero-order chi connectivity index (χ0) is 26.2. The number of nitrogens with two attached hydrogens (primary N) is 1. The van der Waals surface area contributed by atoms with E-state index in [4.69, 9.17) is 15.7 Å². The van der Waals surface area contributed by atoms with E-state index in [-0.39, 0.29) is 6.54 Å². The topological polar surface area (TPSA) is 134 Å². The predicted octanol–water partition coefficient (Wildman–Crippen LogP) is 2.08. The van der Waals surface area contributed by atoms with Gasteiger partial charge in [0.1, 0.15) is 12.2 Å². The van der Waals surface area contributed by atoms with Crippen LogP contribution in [0.25, 0.3) is 28.3 Å². The number of imidazole rings is 1. The zero-order valence-electron chi connectivity index (χ0n) is 20.9. The molecule has 0 radical (unpaired) electrons. The van der Waals surface area contributed by atoms with Gasteiger partial charge in [0.15, 0.2) is 5.65 Å². The van der Waals surface area contributed by atoms with Gasteiger partial charge in [-0.25, -0.2) is 14.5 Å². The van der Waals surface area contributed by atoms with Crippen LogP contribution in [-0.2, 0) is 12.8 Å². The summed E-state index contributed by atoms with van der Waals surface area (Å²) in [5.41, 5.74) is 14.1. The van der Waals surface area contributed by atoms with Gasteiger partial charge in [-0.05, 0) is 54.2 Å². The van der Waals surface area contributed by atoms with Gasteiger partial charge in [0, 0.05) is 36.1 Å². The number of aromatic amines is 1. The van der Waals surface area contributed by atoms with Crippen LogP contribution in [0.4, 0.5) is 0 Å². The number of pyridine rings is 2. The molecular formula is C27H26BN9O. The number of hydrogen-bond donors (Lipinski definition) is 3. The Morgan fingerprint density at radius 3 is 2.87 bits per heavy atom. The summed E-state index contributed by atoms with van der Waals surface area (Å²) >= 11 is 0. The number of nitrogens with zero attached hydrogens (tertiary/aromatic N) is 7. The molecule has 0 saturated heterocycles. The number of H-pyrrole nitrogens is 1. The van der Waals surface area contributed by atoms with E-state index in [1.807, 2.05) is 55.6 Å². The molecule has 38 heavy (non-hydrogen) atoms. The molecule has 0 saturated carbocycles. The van der Waals surface area contributed by atoms with Gasteiger partial charge in [0.05, 0.1) is 23.3 Å². The highest BCUT2D eigenvalue weighted by molar-refractivity contribution is 6.65. The average molecular weight is 503 g/mol. The summed E-state index contributed by atoms with van der Waals surface area (Å²) in [7, 11) is -0.903. The third-order valence-corrected chi connectivity index (χ3v) is 6.64. The summed E-state index contributed by atoms with van der Waals surface area (Å²) in [5, 5.41) is 19.3. The molecule has 0 unspecified atom stereocenters. The van der Waals surface area contributed by atoms with Gasteiger partial charge in [0.2, 0.25) is 0 Å². The number of aromatic nitrogens is 6. The molecule has 188 valence electrons. The molecule has 1 aromatic carbocycles. The maximum Gasteiger partial charge on any atom is 0.471 e. The Morgan fingerprint density at radius 2 is 2.03 bits per heavy atom. The summed E-state index contributed by atoms with van der Waals surface area (Å²) in [4.78, 5) is 18.9. The Bertz CT molecular complexity index is 1690. The number of hydrazone groups is 1. The first kappa shape index (κ1) is 23.8. The van der Waals surface area contributed by atoms with Crippen molar-refractivity contribution in [3.8, 4) is 22.6 Å². The molecule has 4 aromatic heterocycles. The number of benzene rings is 1. The molecule has 5 aromatic rings. The van der Waals surface area contributed by atoms with Crippen LogP contribution in [0.3, 0.4) is 0 Å². The van der Waals surface area contributed by atoms with Gasteiger partial charge in [-0.15, -0.1) is 0 Å². The highest BCUT2D eigenvalue weighted by Gasteiger charge is 2.30. The van der Waals surface area contributed by atoms with Gasteiger partial charge in [-0.2, -0.15) is 10.2 Å². The van der Waals surface area contributed by atoms with Crippen LogP contribution >= 0.6 is 0 Å². The molecule has 1 aliphatic rings. The van der Waals surface area contributed by atoms with Crippen molar-refractivity contribution in [3.63, 3.8) is 0 Å². The monoisotopic (exact) mass is 503 g/mol. The van der Waals surface area contributed by atoms with Crippen LogP contribution in [0.1, 0.15) is 22.6 Å². The van der Waals surface area contributed by atoms with Crippen LogP contribution in [0.15, 0.2) is 78.4 Å². The lowest BCUT2D eigenvalue weighted by Gasteiger charge is -2.27. The first-order valence-electron chi connectivity index (χ1n) is 12.3. The second-order valence-corrected chi connectivity index (χ2v) is 9.25. The van der Waals surface area contributed by atoms with Crippen molar-refractivity contribution in [2.24, 2.45) is 10.8 Å². The lowest BCUT2D eigenvalue weighted by Crippen LogP contribution is -2.50. The Labute approximate surface area is 219 Å². The summed E-state index contributed by atoms with van der Waals surface area (Å²) in [6, 6.07) is 15.9. The number of fused-ring (bicyclic) bond motifs is 2. The first-order valence-corrected chi connectivity index (χ1v) is 12.3. The fourth-order valence-electron chi connectivity index (χ4n) is 4.63. The number of hydrogen-bond acceptors (Lipinski definition) is 8. The maximum absolute atomic E-state index is 10.7. The summed E-state index contributed by atoms with van der Waals surface area (Å²) < 4.78 is 1.74. The molecule has 4 N–H and O–H groups in total. The van der Waals surface area contributed by atoms with Crippen molar-refractivity contribution in [1.29, 1.82) is 0 Å².